The minimum absolute atomic E-state index is 0.255. The Morgan fingerprint density at radius 3 is 2.43 bits per heavy atom. The van der Waals surface area contributed by atoms with Crippen molar-refractivity contribution in [3.05, 3.63) is 53.5 Å². The lowest BCUT2D eigenvalue weighted by Crippen LogP contribution is -2.21. The molecule has 1 aliphatic heterocycles. The van der Waals surface area contributed by atoms with Gasteiger partial charge in [0.15, 0.2) is 5.69 Å². The number of carbonyl (C=O) groups is 1. The van der Waals surface area contributed by atoms with Crippen molar-refractivity contribution in [2.45, 2.75) is 26.7 Å². The van der Waals surface area contributed by atoms with Gasteiger partial charge in [-0.05, 0) is 51.0 Å². The van der Waals surface area contributed by atoms with Crippen LogP contribution >= 0.6 is 0 Å². The van der Waals surface area contributed by atoms with E-state index in [-0.39, 0.29) is 11.6 Å². The molecule has 8 heteroatoms. The number of rotatable bonds is 5. The first kappa shape index (κ1) is 18.0. The van der Waals surface area contributed by atoms with Crippen LogP contribution in [0.25, 0.3) is 0 Å². The van der Waals surface area contributed by atoms with Crippen LogP contribution in [0, 0.1) is 13.8 Å². The normalized spacial score (nSPS) is 13.6. The molecule has 28 heavy (non-hydrogen) atoms. The van der Waals surface area contributed by atoms with E-state index in [2.05, 4.69) is 30.7 Å². The zero-order valence-electron chi connectivity index (χ0n) is 15.9. The Kier molecular flexibility index (Phi) is 4.92. The van der Waals surface area contributed by atoms with E-state index in [0.29, 0.717) is 11.4 Å². The van der Waals surface area contributed by atoms with Crippen LogP contribution in [0.3, 0.4) is 0 Å². The molecule has 1 fully saturated rings. The van der Waals surface area contributed by atoms with E-state index in [0.717, 1.165) is 36.2 Å². The number of aromatic nitrogens is 3. The third-order valence-electron chi connectivity index (χ3n) is 4.51. The third-order valence-corrected chi connectivity index (χ3v) is 4.51. The zero-order valence-corrected chi connectivity index (χ0v) is 15.9. The molecule has 3 aromatic rings. The Morgan fingerprint density at radius 1 is 1.04 bits per heavy atom. The quantitative estimate of drug-likeness (QED) is 0.699. The predicted molar refractivity (Wildman–Crippen MR) is 107 cm³/mol. The fraction of sp³-hybridized carbons (Fsp3) is 0.300. The molecule has 1 aliphatic rings. The number of benzene rings is 1. The maximum Gasteiger partial charge on any atom is 0.277 e. The van der Waals surface area contributed by atoms with Crippen molar-refractivity contribution in [1.29, 1.82) is 0 Å². The second-order valence-corrected chi connectivity index (χ2v) is 6.87. The Balaban J connectivity index is 1.43. The molecule has 0 saturated carbocycles. The molecule has 3 heterocycles. The van der Waals surface area contributed by atoms with Crippen molar-refractivity contribution >= 4 is 29.0 Å². The molecule has 0 spiro atoms. The first-order chi connectivity index (χ1) is 13.6. The van der Waals surface area contributed by atoms with Crippen molar-refractivity contribution in [3.63, 3.8) is 0 Å². The fourth-order valence-electron chi connectivity index (χ4n) is 3.13. The maximum absolute atomic E-state index is 12.1. The lowest BCUT2D eigenvalue weighted by molar-refractivity contribution is 0.101. The van der Waals surface area contributed by atoms with Gasteiger partial charge in [0.05, 0.1) is 0 Å². The van der Waals surface area contributed by atoms with Gasteiger partial charge < -0.3 is 20.1 Å². The number of hydrogen-bond donors (Lipinski definition) is 2. The molecule has 0 atom stereocenters. The van der Waals surface area contributed by atoms with Crippen LogP contribution in [0.5, 0.6) is 0 Å². The molecule has 8 nitrogen and oxygen atoms in total. The Bertz CT molecular complexity index is 977. The highest BCUT2D eigenvalue weighted by atomic mass is 16.5. The van der Waals surface area contributed by atoms with E-state index in [1.165, 1.54) is 12.8 Å². The van der Waals surface area contributed by atoms with Gasteiger partial charge in [-0.25, -0.2) is 4.98 Å². The average Bonchev–Trinajstić information content (AvgIpc) is 3.35. The number of anilines is 4. The highest BCUT2D eigenvalue weighted by molar-refractivity contribution is 6.02. The first-order valence-corrected chi connectivity index (χ1v) is 9.29. The SMILES string of the molecule is Cc1cc(Nc2ccc(NC(=O)c3cc(C)on3)cc2)nc(N2CCCC2)n1. The van der Waals surface area contributed by atoms with Gasteiger partial charge in [-0.15, -0.1) is 0 Å². The number of aryl methyl sites for hydroxylation is 2. The van der Waals surface area contributed by atoms with Gasteiger partial charge in [-0.1, -0.05) is 5.16 Å². The van der Waals surface area contributed by atoms with Crippen molar-refractivity contribution in [3.8, 4) is 0 Å². The molecule has 0 aliphatic carbocycles. The minimum Gasteiger partial charge on any atom is -0.361 e. The molecule has 2 aromatic heterocycles. The van der Waals surface area contributed by atoms with E-state index in [1.807, 2.05) is 37.3 Å². The van der Waals surface area contributed by atoms with Crippen LogP contribution in [0.2, 0.25) is 0 Å². The van der Waals surface area contributed by atoms with Crippen LogP contribution < -0.4 is 15.5 Å². The van der Waals surface area contributed by atoms with Crippen LogP contribution in [-0.2, 0) is 0 Å². The van der Waals surface area contributed by atoms with E-state index < -0.39 is 0 Å². The maximum atomic E-state index is 12.1. The number of nitrogens with zero attached hydrogens (tertiary/aromatic N) is 4. The summed E-state index contributed by atoms with van der Waals surface area (Å²) in [5.41, 5.74) is 2.73. The van der Waals surface area contributed by atoms with Crippen LogP contribution in [0.4, 0.5) is 23.1 Å². The Hall–Kier alpha value is -3.42. The zero-order chi connectivity index (χ0) is 19.5. The minimum atomic E-state index is -0.306. The Labute approximate surface area is 163 Å². The molecular weight excluding hydrogens is 356 g/mol. The summed E-state index contributed by atoms with van der Waals surface area (Å²) in [7, 11) is 0. The van der Waals surface area contributed by atoms with Crippen LogP contribution in [0.1, 0.15) is 34.8 Å². The summed E-state index contributed by atoms with van der Waals surface area (Å²) < 4.78 is 4.93. The number of hydrogen-bond acceptors (Lipinski definition) is 7. The van der Waals surface area contributed by atoms with Crippen molar-refractivity contribution in [1.82, 2.24) is 15.1 Å². The monoisotopic (exact) mass is 378 g/mol. The summed E-state index contributed by atoms with van der Waals surface area (Å²) in [5.74, 6) is 1.81. The van der Waals surface area contributed by atoms with E-state index in [1.54, 1.807) is 13.0 Å². The third kappa shape index (κ3) is 4.11. The van der Waals surface area contributed by atoms with Crippen molar-refractivity contribution < 1.29 is 9.32 Å². The molecule has 2 N–H and O–H groups in total. The van der Waals surface area contributed by atoms with Crippen LogP contribution in [-0.4, -0.2) is 34.1 Å². The largest absolute Gasteiger partial charge is 0.361 e. The summed E-state index contributed by atoms with van der Waals surface area (Å²) in [6.45, 7) is 5.72. The second kappa shape index (κ2) is 7.67. The molecule has 1 saturated heterocycles. The van der Waals surface area contributed by atoms with Crippen molar-refractivity contribution in [2.75, 3.05) is 28.6 Å². The van der Waals surface area contributed by atoms with E-state index in [9.17, 15) is 4.79 Å². The topological polar surface area (TPSA) is 96.2 Å². The number of amides is 1. The van der Waals surface area contributed by atoms with Gasteiger partial charge in [0.1, 0.15) is 11.6 Å². The van der Waals surface area contributed by atoms with Crippen molar-refractivity contribution in [2.24, 2.45) is 0 Å². The summed E-state index contributed by atoms with van der Waals surface area (Å²) in [6.07, 6.45) is 2.36. The van der Waals surface area contributed by atoms with E-state index >= 15 is 0 Å². The Morgan fingerprint density at radius 2 is 1.75 bits per heavy atom. The molecule has 0 unspecified atom stereocenters. The summed E-state index contributed by atoms with van der Waals surface area (Å²) in [4.78, 5) is 23.5. The van der Waals surface area contributed by atoms with E-state index in [4.69, 9.17) is 4.52 Å². The lowest BCUT2D eigenvalue weighted by atomic mass is 10.2. The molecule has 1 amide bonds. The fourth-order valence-corrected chi connectivity index (χ4v) is 3.13. The van der Waals surface area contributed by atoms with Crippen LogP contribution in [0.15, 0.2) is 40.9 Å². The van der Waals surface area contributed by atoms with Gasteiger partial charge in [-0.2, -0.15) is 4.98 Å². The van der Waals surface area contributed by atoms with Gasteiger partial charge in [0.25, 0.3) is 5.91 Å². The lowest BCUT2D eigenvalue weighted by Gasteiger charge is -2.17. The van der Waals surface area contributed by atoms with Gasteiger partial charge in [0.2, 0.25) is 5.95 Å². The summed E-state index contributed by atoms with van der Waals surface area (Å²) in [5, 5.41) is 9.82. The second-order valence-electron chi connectivity index (χ2n) is 6.87. The molecule has 0 bridgehead atoms. The standard InChI is InChI=1S/C20H22N6O2/c1-13-11-18(24-20(21-13)26-9-3-4-10-26)22-15-5-7-16(8-6-15)23-19(27)17-12-14(2)28-25-17/h5-8,11-12H,3-4,9-10H2,1-2H3,(H,23,27)(H,21,22,24). The van der Waals surface area contributed by atoms with Gasteiger partial charge >= 0.3 is 0 Å². The average molecular weight is 378 g/mol. The number of carbonyl (C=O) groups excluding carboxylic acids is 1. The molecular formula is C20H22N6O2. The first-order valence-electron chi connectivity index (χ1n) is 9.29. The summed E-state index contributed by atoms with van der Waals surface area (Å²) in [6, 6.07) is 10.9. The highest BCUT2D eigenvalue weighted by Gasteiger charge is 2.16. The smallest absolute Gasteiger partial charge is 0.277 e. The molecule has 1 aromatic carbocycles. The van der Waals surface area contributed by atoms with Gasteiger partial charge in [-0.3, -0.25) is 4.79 Å². The molecule has 144 valence electrons. The summed E-state index contributed by atoms with van der Waals surface area (Å²) >= 11 is 0. The number of nitrogens with one attached hydrogen (secondary N) is 2. The highest BCUT2D eigenvalue weighted by Crippen LogP contribution is 2.22. The molecule has 0 radical (unpaired) electrons. The predicted octanol–water partition coefficient (Wildman–Crippen LogP) is 3.68. The van der Waals surface area contributed by atoms with Gasteiger partial charge in [0, 0.05) is 42.3 Å². The molecule has 4 rings (SSSR count).